The largest absolute Gasteiger partial charge is 0.370 e. The van der Waals surface area contributed by atoms with Crippen molar-refractivity contribution in [1.29, 1.82) is 0 Å². The number of thioether (sulfide) groups is 1. The summed E-state index contributed by atoms with van der Waals surface area (Å²) >= 11 is 1.83. The average Bonchev–Trinajstić information content (AvgIpc) is 2.29. The predicted octanol–water partition coefficient (Wildman–Crippen LogP) is 3.20. The van der Waals surface area contributed by atoms with E-state index in [1.807, 2.05) is 17.8 Å². The Morgan fingerprint density at radius 1 is 1.22 bits per heavy atom. The van der Waals surface area contributed by atoms with Crippen molar-refractivity contribution in [1.82, 2.24) is 9.97 Å². The molecule has 102 valence electrons. The first-order valence-corrected chi connectivity index (χ1v) is 7.84. The summed E-state index contributed by atoms with van der Waals surface area (Å²) in [6, 6.07) is 2.39. The van der Waals surface area contributed by atoms with E-state index in [2.05, 4.69) is 54.6 Å². The van der Waals surface area contributed by atoms with E-state index in [4.69, 9.17) is 0 Å². The highest BCUT2D eigenvalue weighted by Crippen LogP contribution is 2.18. The average molecular weight is 268 g/mol. The molecule has 0 saturated carbocycles. The molecule has 0 bridgehead atoms. The molecule has 1 unspecified atom stereocenters. The van der Waals surface area contributed by atoms with E-state index in [1.165, 1.54) is 0 Å². The van der Waals surface area contributed by atoms with Gasteiger partial charge in [-0.1, -0.05) is 13.8 Å². The normalized spacial score (nSPS) is 12.6. The zero-order chi connectivity index (χ0) is 13.5. The molecule has 0 aliphatic carbocycles. The molecule has 1 heterocycles. The van der Waals surface area contributed by atoms with Gasteiger partial charge in [0.2, 0.25) is 0 Å². The summed E-state index contributed by atoms with van der Waals surface area (Å²) in [5.74, 6) is 4.09. The van der Waals surface area contributed by atoms with E-state index in [-0.39, 0.29) is 0 Å². The second kappa shape index (κ2) is 7.46. The fourth-order valence-corrected chi connectivity index (χ4v) is 2.20. The van der Waals surface area contributed by atoms with E-state index in [0.29, 0.717) is 12.0 Å². The van der Waals surface area contributed by atoms with Gasteiger partial charge in [-0.15, -0.1) is 0 Å². The number of aromatic nitrogens is 2. The maximum Gasteiger partial charge on any atom is 0.135 e. The molecule has 1 rings (SSSR count). The molecule has 1 atom stereocenters. The first-order valence-electron chi connectivity index (χ1n) is 6.45. The zero-order valence-corrected chi connectivity index (χ0v) is 12.8. The third-order valence-electron chi connectivity index (χ3n) is 2.43. The van der Waals surface area contributed by atoms with Gasteiger partial charge in [-0.25, -0.2) is 9.97 Å². The molecule has 0 spiro atoms. The topological polar surface area (TPSA) is 49.8 Å². The van der Waals surface area contributed by atoms with Crippen LogP contribution in [0, 0.1) is 0 Å². The molecule has 0 aliphatic heterocycles. The minimum Gasteiger partial charge on any atom is -0.370 e. The third-order valence-corrected chi connectivity index (χ3v) is 3.26. The lowest BCUT2D eigenvalue weighted by atomic mass is 10.2. The van der Waals surface area contributed by atoms with Crippen LogP contribution in [-0.4, -0.2) is 34.6 Å². The minimum atomic E-state index is 0.333. The van der Waals surface area contributed by atoms with Gasteiger partial charge in [0.1, 0.15) is 17.5 Å². The Hall–Kier alpha value is -0.970. The van der Waals surface area contributed by atoms with Crippen LogP contribution in [0.4, 0.5) is 11.6 Å². The lowest BCUT2D eigenvalue weighted by molar-refractivity contribution is 0.771. The molecule has 4 nitrogen and oxygen atoms in total. The summed E-state index contributed by atoms with van der Waals surface area (Å²) in [7, 11) is 0. The molecule has 5 heteroatoms. The number of nitrogens with one attached hydrogen (secondary N) is 2. The second-order valence-corrected chi connectivity index (χ2v) is 5.59. The Kier molecular flexibility index (Phi) is 6.25. The zero-order valence-electron chi connectivity index (χ0n) is 11.9. The van der Waals surface area contributed by atoms with E-state index in [1.54, 1.807) is 0 Å². The summed E-state index contributed by atoms with van der Waals surface area (Å²) in [6.07, 6.45) is 2.11. The molecule has 2 N–H and O–H groups in total. The summed E-state index contributed by atoms with van der Waals surface area (Å²) in [5.41, 5.74) is 0. The molecule has 1 aromatic rings. The fraction of sp³-hybridized carbons (Fsp3) is 0.692. The summed E-state index contributed by atoms with van der Waals surface area (Å²) in [6.45, 7) is 9.33. The van der Waals surface area contributed by atoms with E-state index in [9.17, 15) is 0 Å². The van der Waals surface area contributed by atoms with Crippen LogP contribution in [0.1, 0.15) is 39.4 Å². The third kappa shape index (κ3) is 4.72. The Balaban J connectivity index is 2.88. The Morgan fingerprint density at radius 3 is 2.44 bits per heavy atom. The lowest BCUT2D eigenvalue weighted by Crippen LogP contribution is -2.19. The van der Waals surface area contributed by atoms with Crippen LogP contribution in [-0.2, 0) is 0 Å². The van der Waals surface area contributed by atoms with E-state index < -0.39 is 0 Å². The van der Waals surface area contributed by atoms with Gasteiger partial charge in [-0.3, -0.25) is 0 Å². The Morgan fingerprint density at radius 2 is 1.89 bits per heavy atom. The maximum absolute atomic E-state index is 4.57. The fourth-order valence-electron chi connectivity index (χ4n) is 1.61. The second-order valence-electron chi connectivity index (χ2n) is 4.68. The van der Waals surface area contributed by atoms with Crippen molar-refractivity contribution in [3.05, 3.63) is 11.9 Å². The Bertz CT molecular complexity index is 368. The van der Waals surface area contributed by atoms with Gasteiger partial charge < -0.3 is 10.6 Å². The summed E-state index contributed by atoms with van der Waals surface area (Å²) < 4.78 is 0. The number of hydrogen-bond donors (Lipinski definition) is 2. The van der Waals surface area contributed by atoms with Crippen LogP contribution in [0.25, 0.3) is 0 Å². The SMILES string of the molecule is CCNc1cc(NC(C)CSC)nc(C(C)C)n1. The van der Waals surface area contributed by atoms with Crippen LogP contribution in [0.5, 0.6) is 0 Å². The maximum atomic E-state index is 4.57. The molecule has 0 fully saturated rings. The van der Waals surface area contributed by atoms with Crippen LogP contribution >= 0.6 is 11.8 Å². The van der Waals surface area contributed by atoms with Gasteiger partial charge in [0.05, 0.1) is 0 Å². The molecular formula is C13H24N4S. The summed E-state index contributed by atoms with van der Waals surface area (Å²) in [5, 5.41) is 6.68. The molecule has 1 aromatic heterocycles. The first-order chi connectivity index (χ1) is 8.56. The highest BCUT2D eigenvalue weighted by Gasteiger charge is 2.09. The van der Waals surface area contributed by atoms with Crippen molar-refractivity contribution >= 4 is 23.4 Å². The van der Waals surface area contributed by atoms with Gasteiger partial charge in [0.25, 0.3) is 0 Å². The van der Waals surface area contributed by atoms with Crippen LogP contribution in [0.15, 0.2) is 6.07 Å². The smallest absolute Gasteiger partial charge is 0.135 e. The first kappa shape index (κ1) is 15.1. The summed E-state index contributed by atoms with van der Waals surface area (Å²) in [4.78, 5) is 9.07. The van der Waals surface area contributed by atoms with E-state index >= 15 is 0 Å². The van der Waals surface area contributed by atoms with Gasteiger partial charge in [-0.2, -0.15) is 11.8 Å². The highest BCUT2D eigenvalue weighted by atomic mass is 32.2. The molecule has 0 aromatic carbocycles. The minimum absolute atomic E-state index is 0.333. The molecule has 0 saturated heterocycles. The number of anilines is 2. The van der Waals surface area contributed by atoms with Crippen molar-refractivity contribution in [2.45, 2.75) is 39.7 Å². The lowest BCUT2D eigenvalue weighted by Gasteiger charge is -2.16. The van der Waals surface area contributed by atoms with E-state index in [0.717, 1.165) is 29.8 Å². The van der Waals surface area contributed by atoms with Crippen molar-refractivity contribution in [3.63, 3.8) is 0 Å². The molecule has 0 amide bonds. The van der Waals surface area contributed by atoms with Gasteiger partial charge in [0, 0.05) is 30.3 Å². The van der Waals surface area contributed by atoms with Crippen molar-refractivity contribution in [2.75, 3.05) is 29.2 Å². The predicted molar refractivity (Wildman–Crippen MR) is 81.8 cm³/mol. The molecular weight excluding hydrogens is 244 g/mol. The van der Waals surface area contributed by atoms with Crippen LogP contribution in [0.3, 0.4) is 0 Å². The quantitative estimate of drug-likeness (QED) is 0.795. The van der Waals surface area contributed by atoms with Gasteiger partial charge in [0.15, 0.2) is 0 Å². The monoisotopic (exact) mass is 268 g/mol. The van der Waals surface area contributed by atoms with Crippen molar-refractivity contribution in [3.8, 4) is 0 Å². The van der Waals surface area contributed by atoms with Gasteiger partial charge >= 0.3 is 0 Å². The number of rotatable bonds is 7. The molecule has 0 radical (unpaired) electrons. The Labute approximate surface area is 114 Å². The number of nitrogens with zero attached hydrogens (tertiary/aromatic N) is 2. The molecule has 18 heavy (non-hydrogen) atoms. The van der Waals surface area contributed by atoms with Crippen LogP contribution < -0.4 is 10.6 Å². The highest BCUT2D eigenvalue weighted by molar-refractivity contribution is 7.98. The standard InChI is InChI=1S/C13H24N4S/c1-6-14-11-7-12(15-10(4)8-18-5)17-13(16-11)9(2)3/h7,9-10H,6,8H2,1-5H3,(H2,14,15,16,17). The van der Waals surface area contributed by atoms with Crippen molar-refractivity contribution < 1.29 is 0 Å². The van der Waals surface area contributed by atoms with Gasteiger partial charge in [-0.05, 0) is 20.1 Å². The number of hydrogen-bond acceptors (Lipinski definition) is 5. The molecule has 0 aliphatic rings. The van der Waals surface area contributed by atoms with Crippen LogP contribution in [0.2, 0.25) is 0 Å². The van der Waals surface area contributed by atoms with Crippen molar-refractivity contribution in [2.24, 2.45) is 0 Å².